The lowest BCUT2D eigenvalue weighted by Crippen LogP contribution is -2.52. The summed E-state index contributed by atoms with van der Waals surface area (Å²) >= 11 is 0. The van der Waals surface area contributed by atoms with Gasteiger partial charge < -0.3 is 9.80 Å². The van der Waals surface area contributed by atoms with Crippen molar-refractivity contribution in [3.63, 3.8) is 0 Å². The fourth-order valence-electron chi connectivity index (χ4n) is 5.14. The Bertz CT molecular complexity index is 570. The molecule has 0 spiro atoms. The first-order valence-electron chi connectivity index (χ1n) is 15.7. The molecular formula is C31H58N2O3. The minimum Gasteiger partial charge on any atom is -0.339 e. The number of amides is 2. The molecule has 0 aromatic heterocycles. The number of carbonyl (C=O) groups is 3. The lowest BCUT2D eigenvalue weighted by Gasteiger charge is -2.34. The zero-order chi connectivity index (χ0) is 26.3. The van der Waals surface area contributed by atoms with E-state index in [0.717, 1.165) is 32.1 Å². The summed E-state index contributed by atoms with van der Waals surface area (Å²) < 4.78 is 0. The number of rotatable bonds is 23. The van der Waals surface area contributed by atoms with E-state index in [1.165, 1.54) is 96.3 Å². The van der Waals surface area contributed by atoms with Crippen LogP contribution in [0.15, 0.2) is 0 Å². The van der Waals surface area contributed by atoms with Gasteiger partial charge in [-0.2, -0.15) is 0 Å². The predicted octanol–water partition coefficient (Wildman–Crippen LogP) is 7.85. The Hall–Kier alpha value is -1.39. The summed E-state index contributed by atoms with van der Waals surface area (Å²) in [6, 6.07) is 0. The molecule has 0 saturated carbocycles. The highest BCUT2D eigenvalue weighted by atomic mass is 16.2. The zero-order valence-electron chi connectivity index (χ0n) is 24.0. The van der Waals surface area contributed by atoms with Gasteiger partial charge in [0.2, 0.25) is 11.7 Å². The minimum absolute atomic E-state index is 0.205. The molecule has 0 aromatic carbocycles. The third-order valence-corrected chi connectivity index (χ3v) is 7.66. The van der Waals surface area contributed by atoms with Crippen LogP contribution in [0, 0.1) is 0 Å². The molecule has 0 aliphatic carbocycles. The maximum absolute atomic E-state index is 12.5. The van der Waals surface area contributed by atoms with Crippen LogP contribution in [0.5, 0.6) is 0 Å². The van der Waals surface area contributed by atoms with Gasteiger partial charge in [-0.25, -0.2) is 0 Å². The van der Waals surface area contributed by atoms with Crippen molar-refractivity contribution < 1.29 is 14.4 Å². The van der Waals surface area contributed by atoms with Crippen LogP contribution in [-0.2, 0) is 14.4 Å². The van der Waals surface area contributed by atoms with Gasteiger partial charge in [0.15, 0.2) is 0 Å². The molecule has 210 valence electrons. The highest BCUT2D eigenvalue weighted by molar-refractivity contribution is 6.36. The molecule has 1 aliphatic rings. The van der Waals surface area contributed by atoms with E-state index >= 15 is 0 Å². The molecule has 5 nitrogen and oxygen atoms in total. The van der Waals surface area contributed by atoms with Gasteiger partial charge in [0.05, 0.1) is 0 Å². The number of piperazine rings is 1. The fraction of sp³-hybridized carbons (Fsp3) is 0.903. The molecule has 0 unspecified atom stereocenters. The Labute approximate surface area is 223 Å². The Morgan fingerprint density at radius 3 is 1.19 bits per heavy atom. The molecule has 0 N–H and O–H groups in total. The number of unbranched alkanes of at least 4 members (excludes halogenated alkanes) is 18. The number of hydrogen-bond acceptors (Lipinski definition) is 3. The fourth-order valence-corrected chi connectivity index (χ4v) is 5.14. The van der Waals surface area contributed by atoms with Crippen molar-refractivity contribution in [3.05, 3.63) is 0 Å². The van der Waals surface area contributed by atoms with E-state index in [-0.39, 0.29) is 17.6 Å². The van der Waals surface area contributed by atoms with E-state index in [9.17, 15) is 14.4 Å². The van der Waals surface area contributed by atoms with Crippen LogP contribution in [0.3, 0.4) is 0 Å². The number of hydrogen-bond donors (Lipinski definition) is 0. The second-order valence-corrected chi connectivity index (χ2v) is 11.0. The summed E-state index contributed by atoms with van der Waals surface area (Å²) in [4.78, 5) is 40.9. The Morgan fingerprint density at radius 1 is 0.444 bits per heavy atom. The number of Topliss-reactive ketones (excluding diaryl/α,β-unsaturated/α-hetero) is 1. The van der Waals surface area contributed by atoms with Crippen LogP contribution in [0.25, 0.3) is 0 Å². The minimum atomic E-state index is -0.340. The first kappa shape index (κ1) is 32.6. The first-order chi connectivity index (χ1) is 17.6. The zero-order valence-corrected chi connectivity index (χ0v) is 24.0. The van der Waals surface area contributed by atoms with Crippen molar-refractivity contribution in [1.82, 2.24) is 9.80 Å². The molecule has 0 atom stereocenters. The maximum atomic E-state index is 12.5. The van der Waals surface area contributed by atoms with Crippen LogP contribution in [0.1, 0.15) is 155 Å². The van der Waals surface area contributed by atoms with E-state index in [1.54, 1.807) is 4.90 Å². The highest BCUT2D eigenvalue weighted by Gasteiger charge is 2.27. The molecule has 1 saturated heterocycles. The summed E-state index contributed by atoms with van der Waals surface area (Å²) in [6.07, 6.45) is 25.9. The third-order valence-electron chi connectivity index (χ3n) is 7.66. The monoisotopic (exact) mass is 506 g/mol. The average Bonchev–Trinajstić information content (AvgIpc) is 2.90. The molecule has 5 heteroatoms. The van der Waals surface area contributed by atoms with Crippen molar-refractivity contribution >= 4 is 17.6 Å². The van der Waals surface area contributed by atoms with Crippen molar-refractivity contribution in [2.75, 3.05) is 26.2 Å². The Balaban J connectivity index is 2.01. The molecule has 0 aromatic rings. The van der Waals surface area contributed by atoms with Gasteiger partial charge in [0, 0.05) is 39.0 Å². The van der Waals surface area contributed by atoms with Crippen LogP contribution in [0.2, 0.25) is 0 Å². The van der Waals surface area contributed by atoms with Crippen LogP contribution in [-0.4, -0.2) is 53.6 Å². The molecule has 1 fully saturated rings. The van der Waals surface area contributed by atoms with E-state index in [2.05, 4.69) is 13.8 Å². The third kappa shape index (κ3) is 16.4. The number of carbonyl (C=O) groups excluding carboxylic acids is 3. The summed E-state index contributed by atoms with van der Waals surface area (Å²) in [6.45, 7) is 6.60. The molecule has 1 rings (SSSR count). The van der Waals surface area contributed by atoms with Crippen LogP contribution in [0.4, 0.5) is 0 Å². The predicted molar refractivity (Wildman–Crippen MR) is 151 cm³/mol. The van der Waals surface area contributed by atoms with Gasteiger partial charge in [-0.15, -0.1) is 0 Å². The van der Waals surface area contributed by atoms with Crippen LogP contribution >= 0.6 is 0 Å². The average molecular weight is 507 g/mol. The van der Waals surface area contributed by atoms with Gasteiger partial charge in [0.25, 0.3) is 5.91 Å². The maximum Gasteiger partial charge on any atom is 0.290 e. The summed E-state index contributed by atoms with van der Waals surface area (Å²) in [7, 11) is 0. The molecular weight excluding hydrogens is 448 g/mol. The lowest BCUT2D eigenvalue weighted by atomic mass is 10.0. The number of nitrogens with zero attached hydrogens (tertiary/aromatic N) is 2. The Morgan fingerprint density at radius 2 is 0.778 bits per heavy atom. The molecule has 1 heterocycles. The molecule has 2 amide bonds. The highest BCUT2D eigenvalue weighted by Crippen LogP contribution is 2.14. The van der Waals surface area contributed by atoms with Gasteiger partial charge in [-0.3, -0.25) is 14.4 Å². The topological polar surface area (TPSA) is 57.7 Å². The van der Waals surface area contributed by atoms with Crippen LogP contribution < -0.4 is 0 Å². The van der Waals surface area contributed by atoms with Crippen molar-refractivity contribution in [3.8, 4) is 0 Å². The van der Waals surface area contributed by atoms with Gasteiger partial charge >= 0.3 is 0 Å². The second kappa shape index (κ2) is 22.8. The van der Waals surface area contributed by atoms with Gasteiger partial charge in [-0.1, -0.05) is 129 Å². The first-order valence-corrected chi connectivity index (χ1v) is 15.7. The smallest absolute Gasteiger partial charge is 0.290 e. The van der Waals surface area contributed by atoms with Gasteiger partial charge in [0.1, 0.15) is 0 Å². The summed E-state index contributed by atoms with van der Waals surface area (Å²) in [5.41, 5.74) is 0. The Kier molecular flexibility index (Phi) is 20.7. The number of ketones is 1. The van der Waals surface area contributed by atoms with E-state index in [1.807, 2.05) is 4.90 Å². The normalized spacial score (nSPS) is 13.8. The van der Waals surface area contributed by atoms with Crippen molar-refractivity contribution in [1.29, 1.82) is 0 Å². The quantitative estimate of drug-likeness (QED) is 0.105. The van der Waals surface area contributed by atoms with E-state index < -0.39 is 0 Å². The van der Waals surface area contributed by atoms with E-state index in [0.29, 0.717) is 39.0 Å². The van der Waals surface area contributed by atoms with E-state index in [4.69, 9.17) is 0 Å². The molecule has 1 aliphatic heterocycles. The molecule has 0 bridgehead atoms. The van der Waals surface area contributed by atoms with Crippen molar-refractivity contribution in [2.24, 2.45) is 0 Å². The molecule has 36 heavy (non-hydrogen) atoms. The second-order valence-electron chi connectivity index (χ2n) is 11.0. The summed E-state index contributed by atoms with van der Waals surface area (Å²) in [5, 5.41) is 0. The standard InChI is InChI=1S/C31H58N2O3/c1-3-5-7-9-11-13-14-15-16-17-19-21-23-29(34)31(36)33-27-25-32(26-28-33)30(35)24-22-20-18-12-10-8-6-4-2/h3-28H2,1-2H3. The van der Waals surface area contributed by atoms with Gasteiger partial charge in [-0.05, 0) is 12.8 Å². The van der Waals surface area contributed by atoms with Crippen molar-refractivity contribution in [2.45, 2.75) is 155 Å². The largest absolute Gasteiger partial charge is 0.339 e. The lowest BCUT2D eigenvalue weighted by molar-refractivity contribution is -0.147. The molecule has 0 radical (unpaired) electrons. The summed E-state index contributed by atoms with van der Waals surface area (Å²) in [5.74, 6) is -0.384. The SMILES string of the molecule is CCCCCCCCCCCCCCC(=O)C(=O)N1CCN(C(=O)CCCCCCCCCC)CC1.